The Morgan fingerprint density at radius 3 is 3.00 bits per heavy atom. The van der Waals surface area contributed by atoms with Crippen LogP contribution in [0.3, 0.4) is 0 Å². The monoisotopic (exact) mass is 259 g/mol. The molecule has 0 saturated carbocycles. The molecular formula is C14H17N3O2. The molecule has 0 radical (unpaired) electrons. The smallest absolute Gasteiger partial charge is 0.246 e. The van der Waals surface area contributed by atoms with Gasteiger partial charge in [-0.05, 0) is 36.6 Å². The zero-order valence-electron chi connectivity index (χ0n) is 10.7. The first-order valence-electron chi connectivity index (χ1n) is 6.66. The maximum absolute atomic E-state index is 12.1. The molecule has 3 rings (SSSR count). The third-order valence-electron chi connectivity index (χ3n) is 3.72. The molecule has 0 bridgehead atoms. The van der Waals surface area contributed by atoms with Crippen LogP contribution >= 0.6 is 0 Å². The second kappa shape index (κ2) is 5.01. The van der Waals surface area contributed by atoms with E-state index in [1.54, 1.807) is 0 Å². The lowest BCUT2D eigenvalue weighted by Gasteiger charge is -2.21. The molecule has 3 N–H and O–H groups in total. The van der Waals surface area contributed by atoms with Gasteiger partial charge in [-0.25, -0.2) is 0 Å². The first kappa shape index (κ1) is 12.2. The number of carbonyl (C=O) groups is 2. The van der Waals surface area contributed by atoms with Gasteiger partial charge in [-0.1, -0.05) is 12.1 Å². The minimum Gasteiger partial charge on any atom is -0.344 e. The Balaban J connectivity index is 1.76. The molecule has 2 amide bonds. The fourth-order valence-electron chi connectivity index (χ4n) is 2.66. The fraction of sp³-hybridized carbons (Fsp3) is 0.429. The van der Waals surface area contributed by atoms with Gasteiger partial charge in [-0.2, -0.15) is 0 Å². The Morgan fingerprint density at radius 1 is 1.32 bits per heavy atom. The maximum Gasteiger partial charge on any atom is 0.246 e. The summed E-state index contributed by atoms with van der Waals surface area (Å²) in [6.07, 6.45) is 2.00. The average Bonchev–Trinajstić information content (AvgIpc) is 2.86. The zero-order valence-corrected chi connectivity index (χ0v) is 10.7. The van der Waals surface area contributed by atoms with Crippen LogP contribution in [0.15, 0.2) is 18.2 Å². The van der Waals surface area contributed by atoms with Crippen LogP contribution in [0.2, 0.25) is 0 Å². The van der Waals surface area contributed by atoms with Crippen molar-refractivity contribution in [1.29, 1.82) is 0 Å². The van der Waals surface area contributed by atoms with Crippen molar-refractivity contribution in [3.63, 3.8) is 0 Å². The largest absolute Gasteiger partial charge is 0.344 e. The van der Waals surface area contributed by atoms with E-state index in [2.05, 4.69) is 22.0 Å². The van der Waals surface area contributed by atoms with Crippen LogP contribution in [0, 0.1) is 0 Å². The number of rotatable bonds is 2. The van der Waals surface area contributed by atoms with Crippen LogP contribution in [0.5, 0.6) is 0 Å². The number of carbonyl (C=O) groups excluding carboxylic acids is 2. The standard InChI is InChI=1S/C14H17N3O2/c18-13-5-4-12(16-13)14(19)17-11-3-1-2-9-6-7-15-8-10(9)11/h1-3,12,15H,4-8H2,(H,16,18)(H,17,19). The topological polar surface area (TPSA) is 70.2 Å². The Labute approximate surface area is 111 Å². The lowest BCUT2D eigenvalue weighted by Crippen LogP contribution is -2.37. The van der Waals surface area contributed by atoms with Crippen molar-refractivity contribution in [2.24, 2.45) is 0 Å². The minimum atomic E-state index is -0.389. The molecule has 2 heterocycles. The Kier molecular flexibility index (Phi) is 3.21. The molecular weight excluding hydrogens is 242 g/mol. The van der Waals surface area contributed by atoms with E-state index in [1.165, 1.54) is 5.56 Å². The second-order valence-corrected chi connectivity index (χ2v) is 5.02. The van der Waals surface area contributed by atoms with Gasteiger partial charge in [-0.15, -0.1) is 0 Å². The van der Waals surface area contributed by atoms with E-state index in [1.807, 2.05) is 12.1 Å². The summed E-state index contributed by atoms with van der Waals surface area (Å²) in [7, 11) is 0. The molecule has 5 nitrogen and oxygen atoms in total. The van der Waals surface area contributed by atoms with Gasteiger partial charge in [0, 0.05) is 18.7 Å². The molecule has 2 aliphatic heterocycles. The highest BCUT2D eigenvalue weighted by atomic mass is 16.2. The quantitative estimate of drug-likeness (QED) is 0.726. The van der Waals surface area contributed by atoms with E-state index in [9.17, 15) is 9.59 Å². The molecule has 0 aliphatic carbocycles. The number of benzene rings is 1. The lowest BCUT2D eigenvalue weighted by molar-refractivity contribution is -0.122. The summed E-state index contributed by atoms with van der Waals surface area (Å²) >= 11 is 0. The van der Waals surface area contributed by atoms with Crippen LogP contribution < -0.4 is 16.0 Å². The summed E-state index contributed by atoms with van der Waals surface area (Å²) in [5.41, 5.74) is 3.30. The molecule has 1 aromatic carbocycles. The molecule has 0 aromatic heterocycles. The maximum atomic E-state index is 12.1. The minimum absolute atomic E-state index is 0.0445. The van der Waals surface area contributed by atoms with Gasteiger partial charge >= 0.3 is 0 Å². The molecule has 100 valence electrons. The summed E-state index contributed by atoms with van der Waals surface area (Å²) in [5, 5.41) is 8.94. The van der Waals surface area contributed by atoms with Gasteiger partial charge in [0.1, 0.15) is 6.04 Å². The highest BCUT2D eigenvalue weighted by Gasteiger charge is 2.27. The Morgan fingerprint density at radius 2 is 2.21 bits per heavy atom. The average molecular weight is 259 g/mol. The predicted octanol–water partition coefficient (Wildman–Crippen LogP) is 0.549. The van der Waals surface area contributed by atoms with E-state index in [-0.39, 0.29) is 17.9 Å². The van der Waals surface area contributed by atoms with Crippen LogP contribution in [-0.4, -0.2) is 24.4 Å². The van der Waals surface area contributed by atoms with Crippen molar-refractivity contribution in [1.82, 2.24) is 10.6 Å². The second-order valence-electron chi connectivity index (χ2n) is 5.02. The van der Waals surface area contributed by atoms with Gasteiger partial charge in [0.2, 0.25) is 11.8 Å². The third-order valence-corrected chi connectivity index (χ3v) is 3.72. The highest BCUT2D eigenvalue weighted by Crippen LogP contribution is 2.23. The molecule has 2 aliphatic rings. The van der Waals surface area contributed by atoms with E-state index >= 15 is 0 Å². The number of hydrogen-bond donors (Lipinski definition) is 3. The molecule has 0 spiro atoms. The number of anilines is 1. The van der Waals surface area contributed by atoms with E-state index < -0.39 is 0 Å². The summed E-state index contributed by atoms with van der Waals surface area (Å²) in [6, 6.07) is 5.59. The Hall–Kier alpha value is -1.88. The SMILES string of the molecule is O=C1CCC(C(=O)Nc2cccc3c2CNCC3)N1. The van der Waals surface area contributed by atoms with Crippen molar-refractivity contribution < 1.29 is 9.59 Å². The summed E-state index contributed by atoms with van der Waals surface area (Å²) in [5.74, 6) is -0.165. The molecule has 1 aromatic rings. The highest BCUT2D eigenvalue weighted by molar-refractivity contribution is 5.99. The van der Waals surface area contributed by atoms with Crippen LogP contribution in [0.25, 0.3) is 0 Å². The van der Waals surface area contributed by atoms with Gasteiger partial charge in [0.05, 0.1) is 0 Å². The molecule has 5 heteroatoms. The van der Waals surface area contributed by atoms with E-state index in [4.69, 9.17) is 0 Å². The normalized spacial score (nSPS) is 21.7. The van der Waals surface area contributed by atoms with Crippen molar-refractivity contribution in [3.05, 3.63) is 29.3 Å². The van der Waals surface area contributed by atoms with Crippen molar-refractivity contribution in [2.75, 3.05) is 11.9 Å². The first-order chi connectivity index (χ1) is 9.24. The van der Waals surface area contributed by atoms with Crippen molar-refractivity contribution in [2.45, 2.75) is 31.8 Å². The third kappa shape index (κ3) is 2.46. The molecule has 1 unspecified atom stereocenters. The van der Waals surface area contributed by atoms with Gasteiger partial charge < -0.3 is 16.0 Å². The number of hydrogen-bond acceptors (Lipinski definition) is 3. The number of amides is 2. The summed E-state index contributed by atoms with van der Waals surface area (Å²) in [6.45, 7) is 1.76. The van der Waals surface area contributed by atoms with Crippen LogP contribution in [0.4, 0.5) is 5.69 Å². The predicted molar refractivity (Wildman–Crippen MR) is 71.6 cm³/mol. The van der Waals surface area contributed by atoms with E-state index in [0.717, 1.165) is 30.8 Å². The van der Waals surface area contributed by atoms with Crippen molar-refractivity contribution in [3.8, 4) is 0 Å². The molecule has 19 heavy (non-hydrogen) atoms. The van der Waals surface area contributed by atoms with Gasteiger partial charge in [-0.3, -0.25) is 9.59 Å². The van der Waals surface area contributed by atoms with Crippen LogP contribution in [-0.2, 0) is 22.6 Å². The number of fused-ring (bicyclic) bond motifs is 1. The lowest BCUT2D eigenvalue weighted by atomic mass is 9.99. The fourth-order valence-corrected chi connectivity index (χ4v) is 2.66. The van der Waals surface area contributed by atoms with Crippen LogP contribution in [0.1, 0.15) is 24.0 Å². The summed E-state index contributed by atoms with van der Waals surface area (Å²) in [4.78, 5) is 23.2. The molecule has 1 atom stereocenters. The van der Waals surface area contributed by atoms with Gasteiger partial charge in [0.15, 0.2) is 0 Å². The molecule has 1 fully saturated rings. The van der Waals surface area contributed by atoms with E-state index in [0.29, 0.717) is 12.8 Å². The molecule has 1 saturated heterocycles. The van der Waals surface area contributed by atoms with Gasteiger partial charge in [0.25, 0.3) is 0 Å². The van der Waals surface area contributed by atoms with Crippen molar-refractivity contribution >= 4 is 17.5 Å². The Bertz CT molecular complexity index is 527. The summed E-state index contributed by atoms with van der Waals surface area (Å²) < 4.78 is 0. The first-order valence-corrected chi connectivity index (χ1v) is 6.66. The zero-order chi connectivity index (χ0) is 13.2. The number of nitrogens with one attached hydrogen (secondary N) is 3.